The van der Waals surface area contributed by atoms with E-state index >= 15 is 0 Å². The van der Waals surface area contributed by atoms with E-state index in [1.807, 2.05) is 19.0 Å². The molecule has 0 saturated heterocycles. The first-order chi connectivity index (χ1) is 14.9. The van der Waals surface area contributed by atoms with Crippen molar-refractivity contribution >= 4 is 45.1 Å². The lowest BCUT2D eigenvalue weighted by Crippen LogP contribution is -2.35. The number of benzene rings is 2. The molecule has 0 fully saturated rings. The van der Waals surface area contributed by atoms with Gasteiger partial charge >= 0.3 is 0 Å². The molecule has 11 heteroatoms. The Balaban J connectivity index is 2.09. The first-order valence-corrected chi connectivity index (χ1v) is 11.5. The number of likely N-dealkylation sites (N-methyl/N-ethyl adjacent to an activating group) is 2. The molecule has 2 rings (SSSR count). The number of carbonyl (C=O) groups is 1. The molecule has 0 aromatic heterocycles. The molecule has 0 atom stereocenters. The molecule has 0 unspecified atom stereocenters. The van der Waals surface area contributed by atoms with Crippen molar-refractivity contribution in [2.45, 2.75) is 11.8 Å². The minimum Gasteiger partial charge on any atom is -0.491 e. The van der Waals surface area contributed by atoms with Crippen LogP contribution in [0, 0.1) is 12.3 Å². The van der Waals surface area contributed by atoms with Crippen LogP contribution in [0.2, 0.25) is 5.02 Å². The standard InChI is InChI=1S/C21H28ClN5O4S/c1-14-9-15(12-23)21(24)19(10-14)32(29,30)27(4)13-20(28)25-16-5-6-18(17(22)11-16)31-8-7-26(2)3/h5-6,9-12,23H,7-8,13,24H2,1-4H3,(H,25,28). The van der Waals surface area contributed by atoms with E-state index in [0.717, 1.165) is 17.1 Å². The van der Waals surface area contributed by atoms with Crippen LogP contribution in [0.5, 0.6) is 5.75 Å². The van der Waals surface area contributed by atoms with Crippen LogP contribution in [0.4, 0.5) is 11.4 Å². The number of halogens is 1. The molecule has 32 heavy (non-hydrogen) atoms. The van der Waals surface area contributed by atoms with Crippen LogP contribution in [0.25, 0.3) is 0 Å². The summed E-state index contributed by atoms with van der Waals surface area (Å²) in [6.45, 7) is 2.45. The number of hydrogen-bond donors (Lipinski definition) is 3. The third-order valence-corrected chi connectivity index (χ3v) is 6.68. The van der Waals surface area contributed by atoms with Crippen LogP contribution >= 0.6 is 11.6 Å². The molecule has 9 nitrogen and oxygen atoms in total. The van der Waals surface area contributed by atoms with Crippen LogP contribution < -0.4 is 15.8 Å². The van der Waals surface area contributed by atoms with Crippen LogP contribution in [-0.4, -0.2) is 70.6 Å². The van der Waals surface area contributed by atoms with Crippen molar-refractivity contribution in [3.63, 3.8) is 0 Å². The molecule has 0 saturated carbocycles. The molecular weight excluding hydrogens is 454 g/mol. The summed E-state index contributed by atoms with van der Waals surface area (Å²) >= 11 is 6.22. The van der Waals surface area contributed by atoms with E-state index in [0.29, 0.717) is 34.2 Å². The predicted molar refractivity (Wildman–Crippen MR) is 127 cm³/mol. The maximum Gasteiger partial charge on any atom is 0.245 e. The zero-order valence-electron chi connectivity index (χ0n) is 18.5. The number of amides is 1. The Kier molecular flexibility index (Phi) is 8.62. The summed E-state index contributed by atoms with van der Waals surface area (Å²) in [7, 11) is 1.10. The van der Waals surface area contributed by atoms with Crippen molar-refractivity contribution in [3.05, 3.63) is 46.5 Å². The number of carbonyl (C=O) groups excluding carboxylic acids is 1. The summed E-state index contributed by atoms with van der Waals surface area (Å²) in [5, 5.41) is 10.4. The van der Waals surface area contributed by atoms with Crippen molar-refractivity contribution in [2.75, 3.05) is 51.9 Å². The molecule has 0 spiro atoms. The van der Waals surface area contributed by atoms with Gasteiger partial charge in [-0.2, -0.15) is 4.31 Å². The quantitative estimate of drug-likeness (QED) is 0.353. The number of nitrogen functional groups attached to an aromatic ring is 1. The van der Waals surface area contributed by atoms with Crippen molar-refractivity contribution in [3.8, 4) is 5.75 Å². The van der Waals surface area contributed by atoms with E-state index in [1.54, 1.807) is 25.1 Å². The molecule has 1 amide bonds. The Labute approximate surface area is 193 Å². The second-order valence-corrected chi connectivity index (χ2v) is 9.94. The molecule has 2 aromatic rings. The zero-order valence-corrected chi connectivity index (χ0v) is 20.0. The molecule has 2 aromatic carbocycles. The Morgan fingerprint density at radius 2 is 1.94 bits per heavy atom. The minimum absolute atomic E-state index is 0.0329. The molecule has 0 aliphatic carbocycles. The SMILES string of the molecule is Cc1cc(C=N)c(N)c(S(=O)(=O)N(C)CC(=O)Nc2ccc(OCCN(C)C)c(Cl)c2)c1. The minimum atomic E-state index is -4.05. The number of hydrogen-bond acceptors (Lipinski definition) is 7. The topological polar surface area (TPSA) is 129 Å². The first-order valence-electron chi connectivity index (χ1n) is 9.69. The highest BCUT2D eigenvalue weighted by Gasteiger charge is 2.26. The molecule has 4 N–H and O–H groups in total. The third-order valence-electron chi connectivity index (χ3n) is 4.54. The van der Waals surface area contributed by atoms with Crippen molar-refractivity contribution in [1.29, 1.82) is 5.41 Å². The number of ether oxygens (including phenoxy) is 1. The van der Waals surface area contributed by atoms with Crippen molar-refractivity contribution in [1.82, 2.24) is 9.21 Å². The molecule has 0 bridgehead atoms. The van der Waals surface area contributed by atoms with Gasteiger partial charge < -0.3 is 26.1 Å². The molecule has 0 radical (unpaired) electrons. The van der Waals surface area contributed by atoms with E-state index in [-0.39, 0.29) is 10.6 Å². The molecule has 0 aliphatic heterocycles. The number of sulfonamides is 1. The summed E-state index contributed by atoms with van der Waals surface area (Å²) in [6, 6.07) is 7.83. The number of anilines is 2. The van der Waals surface area contributed by atoms with Gasteiger partial charge in [0.05, 0.1) is 17.3 Å². The fourth-order valence-electron chi connectivity index (χ4n) is 2.81. The van der Waals surface area contributed by atoms with E-state index < -0.39 is 22.5 Å². The lowest BCUT2D eigenvalue weighted by atomic mass is 10.1. The van der Waals surface area contributed by atoms with E-state index in [2.05, 4.69) is 5.32 Å². The smallest absolute Gasteiger partial charge is 0.245 e. The number of nitrogens with one attached hydrogen (secondary N) is 2. The first kappa shape index (κ1) is 25.6. The number of nitrogens with zero attached hydrogens (tertiary/aromatic N) is 2. The van der Waals surface area contributed by atoms with Crippen LogP contribution in [-0.2, 0) is 14.8 Å². The average Bonchev–Trinajstić information content (AvgIpc) is 2.70. The highest BCUT2D eigenvalue weighted by Crippen LogP contribution is 2.28. The maximum atomic E-state index is 13.0. The second kappa shape index (κ2) is 10.8. The number of rotatable bonds is 10. The number of aryl methyl sites for hydroxylation is 1. The monoisotopic (exact) mass is 481 g/mol. The van der Waals surface area contributed by atoms with Crippen LogP contribution in [0.3, 0.4) is 0 Å². The summed E-state index contributed by atoms with van der Waals surface area (Å²) in [5.74, 6) is -0.0601. The fraction of sp³-hybridized carbons (Fsp3) is 0.333. The van der Waals surface area contributed by atoms with Gasteiger partial charge in [0.15, 0.2) is 0 Å². The predicted octanol–water partition coefficient (Wildman–Crippen LogP) is 2.43. The van der Waals surface area contributed by atoms with E-state index in [9.17, 15) is 13.2 Å². The second-order valence-electron chi connectivity index (χ2n) is 7.52. The van der Waals surface area contributed by atoms with Crippen LogP contribution in [0.1, 0.15) is 11.1 Å². The summed E-state index contributed by atoms with van der Waals surface area (Å²) in [4.78, 5) is 14.3. The van der Waals surface area contributed by atoms with Gasteiger partial charge in [-0.1, -0.05) is 11.6 Å². The summed E-state index contributed by atoms with van der Waals surface area (Å²) < 4.78 is 32.4. The highest BCUT2D eigenvalue weighted by molar-refractivity contribution is 7.89. The maximum absolute atomic E-state index is 13.0. The van der Waals surface area contributed by atoms with Gasteiger partial charge in [0.25, 0.3) is 0 Å². The lowest BCUT2D eigenvalue weighted by Gasteiger charge is -2.19. The van der Waals surface area contributed by atoms with Gasteiger partial charge in [0.1, 0.15) is 17.3 Å². The average molecular weight is 482 g/mol. The van der Waals surface area contributed by atoms with Gasteiger partial charge in [0, 0.05) is 31.1 Å². The summed E-state index contributed by atoms with van der Waals surface area (Å²) in [6.07, 6.45) is 0.992. The Bertz CT molecular complexity index is 1110. The van der Waals surface area contributed by atoms with Gasteiger partial charge in [-0.3, -0.25) is 4.79 Å². The largest absolute Gasteiger partial charge is 0.491 e. The molecule has 0 aliphatic rings. The van der Waals surface area contributed by atoms with E-state index in [4.69, 9.17) is 27.5 Å². The molecular formula is C21H28ClN5O4S. The van der Waals surface area contributed by atoms with Gasteiger partial charge in [-0.15, -0.1) is 0 Å². The zero-order chi connectivity index (χ0) is 24.1. The van der Waals surface area contributed by atoms with Crippen LogP contribution in [0.15, 0.2) is 35.2 Å². The Morgan fingerprint density at radius 3 is 2.53 bits per heavy atom. The van der Waals surface area contributed by atoms with Gasteiger partial charge in [-0.25, -0.2) is 8.42 Å². The van der Waals surface area contributed by atoms with E-state index in [1.165, 1.54) is 19.2 Å². The third kappa shape index (κ3) is 6.42. The molecule has 0 heterocycles. The lowest BCUT2D eigenvalue weighted by molar-refractivity contribution is -0.116. The van der Waals surface area contributed by atoms with Gasteiger partial charge in [-0.05, 0) is 56.9 Å². The number of nitrogens with two attached hydrogens (primary N) is 1. The Hall–Kier alpha value is -2.66. The van der Waals surface area contributed by atoms with Crippen molar-refractivity contribution in [2.24, 2.45) is 0 Å². The summed E-state index contributed by atoms with van der Waals surface area (Å²) in [5.41, 5.74) is 7.24. The fourth-order valence-corrected chi connectivity index (χ4v) is 4.40. The Morgan fingerprint density at radius 1 is 1.25 bits per heavy atom. The normalized spacial score (nSPS) is 11.6. The molecule has 174 valence electrons. The van der Waals surface area contributed by atoms with Crippen molar-refractivity contribution < 1.29 is 17.9 Å². The highest BCUT2D eigenvalue weighted by atomic mass is 35.5. The van der Waals surface area contributed by atoms with Gasteiger partial charge in [0.2, 0.25) is 15.9 Å².